The second kappa shape index (κ2) is 7.47. The summed E-state index contributed by atoms with van der Waals surface area (Å²) >= 11 is 0. The number of amides is 1. The smallest absolute Gasteiger partial charge is 0.251 e. The Hall–Kier alpha value is -2.37. The molecular formula is C19H21NO4. The molecule has 5 nitrogen and oxygen atoms in total. The minimum atomic E-state index is -0.554. The molecule has 0 spiro atoms. The van der Waals surface area contributed by atoms with Crippen LogP contribution in [0.4, 0.5) is 0 Å². The van der Waals surface area contributed by atoms with Gasteiger partial charge < -0.3 is 20.3 Å². The molecule has 1 saturated carbocycles. The van der Waals surface area contributed by atoms with Crippen LogP contribution in [0.2, 0.25) is 0 Å². The van der Waals surface area contributed by atoms with Crippen molar-refractivity contribution in [3.63, 3.8) is 0 Å². The Balaban J connectivity index is 1.58. The summed E-state index contributed by atoms with van der Waals surface area (Å²) in [7, 11) is 0. The van der Waals surface area contributed by atoms with Crippen molar-refractivity contribution in [2.24, 2.45) is 5.92 Å². The van der Waals surface area contributed by atoms with Crippen molar-refractivity contribution in [3.8, 4) is 11.5 Å². The molecule has 0 unspecified atom stereocenters. The average Bonchev–Trinajstić information content (AvgIpc) is 2.96. The second-order valence-electron chi connectivity index (χ2n) is 6.09. The summed E-state index contributed by atoms with van der Waals surface area (Å²) in [4.78, 5) is 12.3. The molecule has 1 aliphatic rings. The number of carbonyl (C=O) groups excluding carboxylic acids is 1. The minimum absolute atomic E-state index is 0.0565. The highest BCUT2D eigenvalue weighted by atomic mass is 16.5. The van der Waals surface area contributed by atoms with Crippen molar-refractivity contribution in [2.45, 2.75) is 25.0 Å². The van der Waals surface area contributed by atoms with E-state index in [0.29, 0.717) is 24.2 Å². The Morgan fingerprint density at radius 2 is 1.71 bits per heavy atom. The van der Waals surface area contributed by atoms with Gasteiger partial charge in [-0.25, -0.2) is 0 Å². The number of rotatable bonds is 5. The third-order valence-corrected chi connectivity index (χ3v) is 4.32. The van der Waals surface area contributed by atoms with Gasteiger partial charge in [-0.2, -0.15) is 0 Å². The van der Waals surface area contributed by atoms with Crippen molar-refractivity contribution in [2.75, 3.05) is 6.61 Å². The van der Waals surface area contributed by atoms with Gasteiger partial charge in [0.2, 0.25) is 0 Å². The number of hydrogen-bond donors (Lipinski definition) is 3. The van der Waals surface area contributed by atoms with Gasteiger partial charge in [0.25, 0.3) is 5.91 Å². The summed E-state index contributed by atoms with van der Waals surface area (Å²) in [5.74, 6) is 1.06. The largest absolute Gasteiger partial charge is 0.457 e. The van der Waals surface area contributed by atoms with Crippen LogP contribution in [0.3, 0.4) is 0 Å². The molecule has 3 atom stereocenters. The van der Waals surface area contributed by atoms with Gasteiger partial charge in [-0.1, -0.05) is 18.2 Å². The van der Waals surface area contributed by atoms with Crippen LogP contribution in [0.1, 0.15) is 23.2 Å². The maximum absolute atomic E-state index is 12.3. The lowest BCUT2D eigenvalue weighted by atomic mass is 10.1. The molecule has 3 N–H and O–H groups in total. The SMILES string of the molecule is O=C(N[C@@H]1C[C@@H](CO)[C@H](O)C1)c1ccc(Oc2ccccc2)cc1. The molecule has 1 aliphatic carbocycles. The summed E-state index contributed by atoms with van der Waals surface area (Å²) < 4.78 is 5.70. The van der Waals surface area contributed by atoms with E-state index < -0.39 is 6.10 Å². The summed E-state index contributed by atoms with van der Waals surface area (Å²) in [6.07, 6.45) is 0.520. The molecule has 2 aromatic carbocycles. The van der Waals surface area contributed by atoms with E-state index in [1.165, 1.54) is 0 Å². The quantitative estimate of drug-likeness (QED) is 0.787. The molecule has 1 amide bonds. The summed E-state index contributed by atoms with van der Waals surface area (Å²) in [5, 5.41) is 21.9. The first kappa shape index (κ1) is 16.5. The third kappa shape index (κ3) is 3.93. The number of aliphatic hydroxyl groups is 2. The highest BCUT2D eigenvalue weighted by Gasteiger charge is 2.33. The monoisotopic (exact) mass is 327 g/mol. The molecule has 0 aromatic heterocycles. The van der Waals surface area contributed by atoms with Gasteiger partial charge in [0.05, 0.1) is 6.10 Å². The van der Waals surface area contributed by atoms with Gasteiger partial charge >= 0.3 is 0 Å². The lowest BCUT2D eigenvalue weighted by Gasteiger charge is -2.13. The zero-order valence-corrected chi connectivity index (χ0v) is 13.3. The Labute approximate surface area is 140 Å². The third-order valence-electron chi connectivity index (χ3n) is 4.32. The Bertz CT molecular complexity index is 672. The Morgan fingerprint density at radius 1 is 1.04 bits per heavy atom. The molecule has 0 heterocycles. The van der Waals surface area contributed by atoms with Crippen LogP contribution in [-0.4, -0.2) is 34.9 Å². The summed E-state index contributed by atoms with van der Waals surface area (Å²) in [6, 6.07) is 16.3. The van der Waals surface area contributed by atoms with Crippen LogP contribution in [0, 0.1) is 5.92 Å². The minimum Gasteiger partial charge on any atom is -0.457 e. The van der Waals surface area contributed by atoms with Crippen LogP contribution < -0.4 is 10.1 Å². The number of para-hydroxylation sites is 1. The maximum atomic E-state index is 12.3. The lowest BCUT2D eigenvalue weighted by molar-refractivity contribution is 0.0903. The van der Waals surface area contributed by atoms with E-state index in [0.717, 1.165) is 5.75 Å². The summed E-state index contributed by atoms with van der Waals surface area (Å²) in [5.41, 5.74) is 0.539. The van der Waals surface area contributed by atoms with Gasteiger partial charge in [0.15, 0.2) is 0 Å². The maximum Gasteiger partial charge on any atom is 0.251 e. The fourth-order valence-corrected chi connectivity index (χ4v) is 2.98. The number of carbonyl (C=O) groups is 1. The predicted molar refractivity (Wildman–Crippen MR) is 90.0 cm³/mol. The molecule has 0 radical (unpaired) electrons. The van der Waals surface area contributed by atoms with E-state index in [1.54, 1.807) is 24.3 Å². The lowest BCUT2D eigenvalue weighted by Crippen LogP contribution is -2.33. The number of hydrogen-bond acceptors (Lipinski definition) is 4. The summed E-state index contributed by atoms with van der Waals surface area (Å²) in [6.45, 7) is -0.0565. The van der Waals surface area contributed by atoms with Gasteiger partial charge in [0, 0.05) is 24.1 Å². The normalized spacial score (nSPS) is 23.0. The standard InChI is InChI=1S/C19H21NO4/c21-12-14-10-15(11-18(14)22)20-19(23)13-6-8-17(9-7-13)24-16-4-2-1-3-5-16/h1-9,14-15,18,21-22H,10-12H2,(H,20,23)/t14-,15+,18+/m0/s1. The topological polar surface area (TPSA) is 78.8 Å². The van der Waals surface area contributed by atoms with Crippen LogP contribution in [0.5, 0.6) is 11.5 Å². The van der Waals surface area contributed by atoms with Gasteiger partial charge in [-0.05, 0) is 49.2 Å². The van der Waals surface area contributed by atoms with Gasteiger partial charge in [-0.15, -0.1) is 0 Å². The van der Waals surface area contributed by atoms with E-state index in [2.05, 4.69) is 5.32 Å². The molecular weight excluding hydrogens is 306 g/mol. The zero-order valence-electron chi connectivity index (χ0n) is 13.3. The first-order valence-corrected chi connectivity index (χ1v) is 8.08. The molecule has 3 rings (SSSR count). The highest BCUT2D eigenvalue weighted by Crippen LogP contribution is 2.26. The van der Waals surface area contributed by atoms with Crippen LogP contribution >= 0.6 is 0 Å². The first-order chi connectivity index (χ1) is 11.7. The molecule has 0 bridgehead atoms. The highest BCUT2D eigenvalue weighted by molar-refractivity contribution is 5.94. The van der Waals surface area contributed by atoms with Crippen molar-refractivity contribution in [1.82, 2.24) is 5.32 Å². The molecule has 1 fully saturated rings. The van der Waals surface area contributed by atoms with Gasteiger partial charge in [-0.3, -0.25) is 4.79 Å². The molecule has 5 heteroatoms. The van der Waals surface area contributed by atoms with Crippen molar-refractivity contribution < 1.29 is 19.7 Å². The van der Waals surface area contributed by atoms with E-state index >= 15 is 0 Å². The Kier molecular flexibility index (Phi) is 5.13. The predicted octanol–water partition coefficient (Wildman–Crippen LogP) is 2.34. The van der Waals surface area contributed by atoms with E-state index in [1.807, 2.05) is 30.3 Å². The van der Waals surface area contributed by atoms with E-state index in [4.69, 9.17) is 4.74 Å². The molecule has 2 aromatic rings. The first-order valence-electron chi connectivity index (χ1n) is 8.08. The number of nitrogens with one attached hydrogen (secondary N) is 1. The number of benzene rings is 2. The fourth-order valence-electron chi connectivity index (χ4n) is 2.98. The van der Waals surface area contributed by atoms with Crippen LogP contribution in [0.25, 0.3) is 0 Å². The molecule has 126 valence electrons. The van der Waals surface area contributed by atoms with E-state index in [9.17, 15) is 15.0 Å². The van der Waals surface area contributed by atoms with Gasteiger partial charge in [0.1, 0.15) is 11.5 Å². The van der Waals surface area contributed by atoms with Crippen molar-refractivity contribution in [3.05, 3.63) is 60.2 Å². The van der Waals surface area contributed by atoms with Crippen molar-refractivity contribution >= 4 is 5.91 Å². The van der Waals surface area contributed by atoms with Crippen LogP contribution in [0.15, 0.2) is 54.6 Å². The Morgan fingerprint density at radius 3 is 2.33 bits per heavy atom. The zero-order chi connectivity index (χ0) is 16.9. The van der Waals surface area contributed by atoms with E-state index in [-0.39, 0.29) is 24.5 Å². The van der Waals surface area contributed by atoms with Crippen LogP contribution in [-0.2, 0) is 0 Å². The molecule has 0 saturated heterocycles. The molecule has 0 aliphatic heterocycles. The number of aliphatic hydroxyl groups excluding tert-OH is 2. The fraction of sp³-hybridized carbons (Fsp3) is 0.316. The van der Waals surface area contributed by atoms with Crippen molar-refractivity contribution in [1.29, 1.82) is 0 Å². The molecule has 24 heavy (non-hydrogen) atoms. The second-order valence-corrected chi connectivity index (χ2v) is 6.09. The average molecular weight is 327 g/mol. The number of ether oxygens (including phenoxy) is 1.